The van der Waals surface area contributed by atoms with Crippen LogP contribution in [-0.4, -0.2) is 46.0 Å². The highest BCUT2D eigenvalue weighted by atomic mass is 32.2. The first-order valence-electron chi connectivity index (χ1n) is 7.50. The number of carboxylic acid groups (broad SMARTS) is 1. The summed E-state index contributed by atoms with van der Waals surface area (Å²) in [6.07, 6.45) is 0.0127. The number of aliphatic carboxylic acids is 1. The summed E-state index contributed by atoms with van der Waals surface area (Å²) in [5.74, 6) is 0.639. The predicted octanol–water partition coefficient (Wildman–Crippen LogP) is 3.02. The fourth-order valence-corrected chi connectivity index (χ4v) is 3.63. The Morgan fingerprint density at radius 3 is 2.45 bits per heavy atom. The molecular weight excluding hydrogens is 298 g/mol. The molecule has 0 spiro atoms. The number of benzene rings is 1. The van der Waals surface area contributed by atoms with E-state index in [1.165, 1.54) is 5.56 Å². The van der Waals surface area contributed by atoms with Crippen LogP contribution in [0, 0.1) is 0 Å². The Labute approximate surface area is 135 Å². The van der Waals surface area contributed by atoms with E-state index in [1.807, 2.05) is 24.3 Å². The molecule has 0 bridgehead atoms. The smallest absolute Gasteiger partial charge is 0.305 e. The number of carboxylic acids is 1. The van der Waals surface area contributed by atoms with Gasteiger partial charge in [0.25, 0.3) is 5.91 Å². The molecule has 1 aromatic carbocycles. The van der Waals surface area contributed by atoms with Crippen molar-refractivity contribution < 1.29 is 14.7 Å². The topological polar surface area (TPSA) is 57.6 Å². The van der Waals surface area contributed by atoms with Crippen molar-refractivity contribution in [2.45, 2.75) is 38.6 Å². The lowest BCUT2D eigenvalue weighted by molar-refractivity contribution is -0.138. The van der Waals surface area contributed by atoms with E-state index in [2.05, 4.69) is 20.8 Å². The molecule has 0 radical (unpaired) electrons. The van der Waals surface area contributed by atoms with E-state index in [4.69, 9.17) is 5.11 Å². The summed E-state index contributed by atoms with van der Waals surface area (Å²) in [6, 6.07) is 7.45. The van der Waals surface area contributed by atoms with Crippen LogP contribution in [0.3, 0.4) is 0 Å². The number of amides is 1. The number of nitrogens with zero attached hydrogens (tertiary/aromatic N) is 1. The molecule has 1 heterocycles. The first-order valence-corrected chi connectivity index (χ1v) is 8.65. The van der Waals surface area contributed by atoms with Gasteiger partial charge in [-0.3, -0.25) is 9.59 Å². The molecule has 0 aliphatic carbocycles. The van der Waals surface area contributed by atoms with E-state index >= 15 is 0 Å². The number of carbonyl (C=O) groups is 2. The molecule has 120 valence electrons. The Morgan fingerprint density at radius 2 is 1.91 bits per heavy atom. The predicted molar refractivity (Wildman–Crippen MR) is 89.5 cm³/mol. The molecule has 2 rings (SSSR count). The van der Waals surface area contributed by atoms with Gasteiger partial charge in [-0.15, -0.1) is 0 Å². The second kappa shape index (κ2) is 6.73. The maximum atomic E-state index is 12.7. The van der Waals surface area contributed by atoms with Crippen molar-refractivity contribution in [3.05, 3.63) is 35.4 Å². The van der Waals surface area contributed by atoms with Crippen LogP contribution in [0.4, 0.5) is 0 Å². The molecule has 1 aliphatic heterocycles. The highest BCUT2D eigenvalue weighted by Crippen LogP contribution is 2.24. The summed E-state index contributed by atoms with van der Waals surface area (Å²) in [7, 11) is 0. The van der Waals surface area contributed by atoms with Gasteiger partial charge >= 0.3 is 5.97 Å². The molecule has 1 fully saturated rings. The van der Waals surface area contributed by atoms with Crippen molar-refractivity contribution in [2.24, 2.45) is 0 Å². The first kappa shape index (κ1) is 16.9. The van der Waals surface area contributed by atoms with Crippen molar-refractivity contribution in [1.82, 2.24) is 4.90 Å². The number of rotatable bonds is 3. The number of carbonyl (C=O) groups excluding carboxylic acids is 1. The Morgan fingerprint density at radius 1 is 1.27 bits per heavy atom. The molecule has 4 nitrogen and oxygen atoms in total. The van der Waals surface area contributed by atoms with Gasteiger partial charge in [0.1, 0.15) is 0 Å². The standard InChI is InChI=1S/C17H23NO3S/c1-17(2,3)13-6-4-12(5-7-13)16(21)18-8-9-22-11-14(18)10-15(19)20/h4-7,14H,8-11H2,1-3H3,(H,19,20). The van der Waals surface area contributed by atoms with Gasteiger partial charge in [-0.25, -0.2) is 0 Å². The average Bonchev–Trinajstić information content (AvgIpc) is 2.46. The van der Waals surface area contributed by atoms with E-state index in [0.717, 1.165) is 5.75 Å². The maximum absolute atomic E-state index is 12.7. The van der Waals surface area contributed by atoms with Gasteiger partial charge in [0.15, 0.2) is 0 Å². The SMILES string of the molecule is CC(C)(C)c1ccc(C(=O)N2CCSCC2CC(=O)O)cc1. The van der Waals surface area contributed by atoms with Crippen LogP contribution in [0.2, 0.25) is 0 Å². The number of hydrogen-bond donors (Lipinski definition) is 1. The van der Waals surface area contributed by atoms with Gasteiger partial charge in [0, 0.05) is 23.6 Å². The summed E-state index contributed by atoms with van der Waals surface area (Å²) in [5.41, 5.74) is 1.87. The number of hydrogen-bond acceptors (Lipinski definition) is 3. The maximum Gasteiger partial charge on any atom is 0.305 e. The summed E-state index contributed by atoms with van der Waals surface area (Å²) in [6.45, 7) is 7.01. The van der Waals surface area contributed by atoms with E-state index in [1.54, 1.807) is 16.7 Å². The lowest BCUT2D eigenvalue weighted by Gasteiger charge is -2.34. The Hall–Kier alpha value is -1.49. The molecule has 1 aliphatic rings. The largest absolute Gasteiger partial charge is 0.481 e. The van der Waals surface area contributed by atoms with Crippen LogP contribution in [0.15, 0.2) is 24.3 Å². The molecular formula is C17H23NO3S. The van der Waals surface area contributed by atoms with Crippen LogP contribution in [0.1, 0.15) is 43.1 Å². The summed E-state index contributed by atoms with van der Waals surface area (Å²) in [5, 5.41) is 9.01. The third-order valence-corrected chi connectivity index (χ3v) is 4.99. The molecule has 0 aromatic heterocycles. The zero-order chi connectivity index (χ0) is 16.3. The van der Waals surface area contributed by atoms with Gasteiger partial charge in [0.2, 0.25) is 0 Å². The summed E-state index contributed by atoms with van der Waals surface area (Å²) < 4.78 is 0. The number of thioether (sulfide) groups is 1. The van der Waals surface area contributed by atoms with E-state index in [9.17, 15) is 9.59 Å². The van der Waals surface area contributed by atoms with Crippen LogP contribution in [0.5, 0.6) is 0 Å². The van der Waals surface area contributed by atoms with E-state index in [-0.39, 0.29) is 23.8 Å². The highest BCUT2D eigenvalue weighted by Gasteiger charge is 2.29. The van der Waals surface area contributed by atoms with Gasteiger partial charge in [0.05, 0.1) is 12.5 Å². The van der Waals surface area contributed by atoms with Crippen molar-refractivity contribution in [3.63, 3.8) is 0 Å². The molecule has 1 atom stereocenters. The minimum absolute atomic E-state index is 0.0127. The van der Waals surface area contributed by atoms with E-state index < -0.39 is 5.97 Å². The van der Waals surface area contributed by atoms with Crippen molar-refractivity contribution >= 4 is 23.6 Å². The zero-order valence-electron chi connectivity index (χ0n) is 13.3. The lowest BCUT2D eigenvalue weighted by Crippen LogP contribution is -2.47. The average molecular weight is 321 g/mol. The van der Waals surface area contributed by atoms with Crippen LogP contribution < -0.4 is 0 Å². The van der Waals surface area contributed by atoms with Crippen LogP contribution in [-0.2, 0) is 10.2 Å². The Balaban J connectivity index is 2.16. The summed E-state index contributed by atoms with van der Waals surface area (Å²) in [4.78, 5) is 25.4. The van der Waals surface area contributed by atoms with Gasteiger partial charge in [-0.1, -0.05) is 32.9 Å². The van der Waals surface area contributed by atoms with Crippen LogP contribution in [0.25, 0.3) is 0 Å². The molecule has 1 aromatic rings. The molecule has 1 unspecified atom stereocenters. The fraction of sp³-hybridized carbons (Fsp3) is 0.529. The normalized spacial score (nSPS) is 19.0. The highest BCUT2D eigenvalue weighted by molar-refractivity contribution is 7.99. The Kier molecular flexibility index (Phi) is 5.16. The molecule has 5 heteroatoms. The third-order valence-electron chi connectivity index (χ3n) is 3.90. The van der Waals surface area contributed by atoms with Crippen LogP contribution >= 0.6 is 11.8 Å². The van der Waals surface area contributed by atoms with E-state index in [0.29, 0.717) is 17.9 Å². The van der Waals surface area contributed by atoms with Crippen molar-refractivity contribution in [1.29, 1.82) is 0 Å². The molecule has 1 saturated heterocycles. The third kappa shape index (κ3) is 4.03. The second-order valence-electron chi connectivity index (χ2n) is 6.65. The zero-order valence-corrected chi connectivity index (χ0v) is 14.2. The molecule has 0 saturated carbocycles. The monoisotopic (exact) mass is 321 g/mol. The van der Waals surface area contributed by atoms with Gasteiger partial charge in [-0.05, 0) is 23.1 Å². The van der Waals surface area contributed by atoms with Gasteiger partial charge < -0.3 is 10.0 Å². The van der Waals surface area contributed by atoms with Crippen molar-refractivity contribution in [3.8, 4) is 0 Å². The van der Waals surface area contributed by atoms with Gasteiger partial charge in [-0.2, -0.15) is 11.8 Å². The lowest BCUT2D eigenvalue weighted by atomic mass is 9.86. The molecule has 22 heavy (non-hydrogen) atoms. The Bertz CT molecular complexity index is 548. The fourth-order valence-electron chi connectivity index (χ4n) is 2.57. The minimum atomic E-state index is -0.853. The van der Waals surface area contributed by atoms with Crippen molar-refractivity contribution in [2.75, 3.05) is 18.1 Å². The molecule has 1 amide bonds. The minimum Gasteiger partial charge on any atom is -0.481 e. The molecule has 1 N–H and O–H groups in total. The quantitative estimate of drug-likeness (QED) is 0.930. The summed E-state index contributed by atoms with van der Waals surface area (Å²) >= 11 is 1.71. The second-order valence-corrected chi connectivity index (χ2v) is 7.80. The first-order chi connectivity index (χ1) is 10.3.